The molecule has 0 aliphatic heterocycles. The van der Waals surface area contributed by atoms with Crippen LogP contribution in [0.15, 0.2) is 526 Å². The van der Waals surface area contributed by atoms with Gasteiger partial charge in [0.05, 0.1) is 22.2 Å². The smallest absolute Gasteiger partial charge is 0.227 e. The van der Waals surface area contributed by atoms with Crippen molar-refractivity contribution in [3.63, 3.8) is 0 Å². The monoisotopic (exact) mass is 1850 g/mol. The second kappa shape index (κ2) is 37.3. The summed E-state index contributed by atoms with van der Waals surface area (Å²) in [5, 5.41) is 15.4. The van der Waals surface area contributed by atoms with Gasteiger partial charge in [0.1, 0.15) is 16.9 Å². The van der Waals surface area contributed by atoms with Gasteiger partial charge in [-0.1, -0.05) is 273 Å². The highest BCUT2D eigenvalue weighted by Gasteiger charge is 2.25. The zero-order valence-corrected chi connectivity index (χ0v) is 78.4. The second-order valence-electron chi connectivity index (χ2n) is 36.5. The van der Waals surface area contributed by atoms with E-state index >= 15 is 0 Å². The molecule has 145 heavy (non-hydrogen) atoms. The van der Waals surface area contributed by atoms with Crippen LogP contribution in [0.4, 0.5) is 0 Å². The van der Waals surface area contributed by atoms with E-state index in [4.69, 9.17) is 28.8 Å². The lowest BCUT2D eigenvalue weighted by molar-refractivity contribution is 0.619. The number of nitrogens with zero attached hydrogens (tertiary/aromatic N) is 9. The molecule has 0 aliphatic rings. The lowest BCUT2D eigenvalue weighted by atomic mass is 9.86. The van der Waals surface area contributed by atoms with Crippen molar-refractivity contribution >= 4 is 109 Å². The molecule has 11 heteroatoms. The van der Waals surface area contributed by atoms with Crippen molar-refractivity contribution in [3.8, 4) is 163 Å². The lowest BCUT2D eigenvalue weighted by Gasteiger charge is -2.18. The van der Waals surface area contributed by atoms with Gasteiger partial charge in [-0.2, -0.15) is 0 Å². The minimum atomic E-state index is 0.596. The molecule has 0 atom stereocenters. The van der Waals surface area contributed by atoms with Crippen molar-refractivity contribution in [2.75, 3.05) is 0 Å². The molecule has 0 fully saturated rings. The van der Waals surface area contributed by atoms with E-state index in [-0.39, 0.29) is 0 Å². The molecule has 11 nitrogen and oxygen atoms in total. The topological polar surface area (TPSA) is 134 Å². The van der Waals surface area contributed by atoms with Crippen molar-refractivity contribution in [1.82, 2.24) is 44.4 Å². The molecular weight excluding hydrogens is 1770 g/mol. The van der Waals surface area contributed by atoms with Gasteiger partial charge in [0.2, 0.25) is 11.8 Å². The Morgan fingerprint density at radius 1 is 0.193 bits per heavy atom. The fourth-order valence-electron chi connectivity index (χ4n) is 20.8. The molecule has 0 amide bonds. The quantitative estimate of drug-likeness (QED) is 0.0721. The summed E-state index contributed by atoms with van der Waals surface area (Å²) in [5.41, 5.74) is 34.6. The van der Waals surface area contributed by atoms with E-state index in [0.717, 1.165) is 205 Å². The second-order valence-corrected chi connectivity index (χ2v) is 36.5. The molecule has 8 aromatic heterocycles. The summed E-state index contributed by atoms with van der Waals surface area (Å²) < 4.78 is 14.8. The largest absolute Gasteiger partial charge is 0.436 e. The third-order valence-electron chi connectivity index (χ3n) is 27.6. The van der Waals surface area contributed by atoms with E-state index in [1.165, 1.54) is 54.2 Å². The van der Waals surface area contributed by atoms with Crippen LogP contribution in [0, 0.1) is 0 Å². The Morgan fingerprint density at radius 3 is 1.08 bits per heavy atom. The van der Waals surface area contributed by atoms with Crippen LogP contribution in [0.2, 0.25) is 0 Å². The number of pyridine rings is 5. The molecule has 20 aromatic carbocycles. The first kappa shape index (κ1) is 85.8. The summed E-state index contributed by atoms with van der Waals surface area (Å²) in [6.07, 6.45) is 14.9. The van der Waals surface area contributed by atoms with Crippen LogP contribution < -0.4 is 0 Å². The Labute approximate surface area is 835 Å². The number of hydrogen-bond donors (Lipinski definition) is 0. The molecule has 678 valence electrons. The maximum atomic E-state index is 6.28. The third-order valence-corrected chi connectivity index (χ3v) is 27.6. The van der Waals surface area contributed by atoms with Crippen molar-refractivity contribution in [1.29, 1.82) is 0 Å². The van der Waals surface area contributed by atoms with Crippen molar-refractivity contribution in [2.45, 2.75) is 0 Å². The molecule has 8 heterocycles. The highest BCUT2D eigenvalue weighted by molar-refractivity contribution is 6.17. The number of para-hydroxylation sites is 7. The standard InChI is InChI=1S/C59H38N4.C38H24N2O.C37H23N3O/c1-2-18-49(19-3-1)63-57-25-11-10-24-56(57)62-59(63)55-27-26-50(53-22-8-9-23-54(53)55)47-34-46(35-48(36-47)58-51-20-6-4-14-39(51)30-40-15-5-7-21-52(40)58)45-32-43(41-16-12-28-60-37-41)31-44(33-45)42-17-13-29-61-38-42;1-3-14-33-27(9-1)20-28-10-2-4-15-34(28)37(33)31-21-30(26-12-7-11-25(19-26)29-13-8-18-39-24-29)22-32(23-31)38-40-35-16-5-6-17-36(35)41-38;1-2-12-30-25(9-1)23-32(31-13-8-18-39-36(30)31)28-20-27(24-10-7-11-26(19-24)33-14-5-6-17-38-33)21-29(22-28)37-40-34-15-3-4-16-35(34)41-37/h1-38H;1-24H;1-23H. The van der Waals surface area contributed by atoms with Crippen LogP contribution in [-0.4, -0.2) is 44.4 Å². The molecule has 0 aliphatic carbocycles. The molecule has 0 saturated carbocycles. The summed E-state index contributed by atoms with van der Waals surface area (Å²) in [5.74, 6) is 2.12. The summed E-state index contributed by atoms with van der Waals surface area (Å²) in [7, 11) is 0. The maximum absolute atomic E-state index is 6.28. The number of benzene rings is 20. The van der Waals surface area contributed by atoms with Crippen molar-refractivity contribution in [2.24, 2.45) is 0 Å². The van der Waals surface area contributed by atoms with Crippen LogP contribution in [0.5, 0.6) is 0 Å². The van der Waals surface area contributed by atoms with Crippen LogP contribution in [0.3, 0.4) is 0 Å². The molecule has 0 bridgehead atoms. The molecule has 0 N–H and O–H groups in total. The number of rotatable bonds is 15. The number of hydrogen-bond acceptors (Lipinski definition) is 10. The van der Waals surface area contributed by atoms with Crippen LogP contribution in [0.1, 0.15) is 0 Å². The van der Waals surface area contributed by atoms with E-state index < -0.39 is 0 Å². The van der Waals surface area contributed by atoms with Gasteiger partial charge in [0, 0.05) is 105 Å². The number of imidazole rings is 1. The SMILES string of the molecule is c1ccc(-c2cccc(-c3cc(-c4nc5ccccc5o4)cc(-c4cc5ccccc5c5ncccc45)c3)c2)nc1.c1ccc(-n2c(-c3ccc(-c4cc(-c5cc(-c6cccnc6)cc(-c6cccnc6)c5)cc(-c5c6ccccc6cc6ccccc56)c4)c4ccccc34)nc3ccccc32)cc1.c1cncc(-c2cccc(-c3cc(-c4nc5ccccc5o4)cc(-c4c5ccccc5cc5ccccc45)c3)c2)c1. The van der Waals surface area contributed by atoms with E-state index in [9.17, 15) is 0 Å². The highest BCUT2D eigenvalue weighted by atomic mass is 16.4. The van der Waals surface area contributed by atoms with Gasteiger partial charge in [-0.3, -0.25) is 29.5 Å². The molecule has 28 rings (SSSR count). The Kier molecular flexibility index (Phi) is 22.0. The minimum Gasteiger partial charge on any atom is -0.436 e. The molecule has 0 radical (unpaired) electrons. The zero-order valence-electron chi connectivity index (χ0n) is 78.4. The van der Waals surface area contributed by atoms with Gasteiger partial charge in [-0.05, 0) is 348 Å². The van der Waals surface area contributed by atoms with Crippen molar-refractivity contribution < 1.29 is 8.83 Å². The van der Waals surface area contributed by atoms with Crippen LogP contribution in [0.25, 0.3) is 271 Å². The zero-order chi connectivity index (χ0) is 96.0. The van der Waals surface area contributed by atoms with E-state index in [2.05, 4.69) is 401 Å². The Balaban J connectivity index is 0.000000115. The minimum absolute atomic E-state index is 0.596. The molecular formula is C134H85N9O2. The van der Waals surface area contributed by atoms with E-state index in [0.29, 0.717) is 11.8 Å². The van der Waals surface area contributed by atoms with Gasteiger partial charge >= 0.3 is 0 Å². The summed E-state index contributed by atoms with van der Waals surface area (Å²) in [4.78, 5) is 37.7. The molecule has 0 spiro atoms. The van der Waals surface area contributed by atoms with E-state index in [1.54, 1.807) is 6.20 Å². The average molecular weight is 1850 g/mol. The predicted octanol–water partition coefficient (Wildman–Crippen LogP) is 35.1. The summed E-state index contributed by atoms with van der Waals surface area (Å²) >= 11 is 0. The van der Waals surface area contributed by atoms with E-state index in [1.807, 2.05) is 134 Å². The number of aromatic nitrogens is 9. The average Bonchev–Trinajstić information content (AvgIpc) is 1.73. The lowest BCUT2D eigenvalue weighted by Crippen LogP contribution is -1.98. The van der Waals surface area contributed by atoms with Crippen LogP contribution >= 0.6 is 0 Å². The first-order valence-electron chi connectivity index (χ1n) is 48.6. The van der Waals surface area contributed by atoms with Gasteiger partial charge < -0.3 is 8.83 Å². The van der Waals surface area contributed by atoms with Gasteiger partial charge in [-0.25, -0.2) is 15.0 Å². The van der Waals surface area contributed by atoms with Gasteiger partial charge in [-0.15, -0.1) is 0 Å². The Morgan fingerprint density at radius 2 is 0.552 bits per heavy atom. The van der Waals surface area contributed by atoms with Gasteiger partial charge in [0.15, 0.2) is 11.2 Å². The first-order chi connectivity index (χ1) is 71.8. The number of fused-ring (bicyclic) bond motifs is 11. The van der Waals surface area contributed by atoms with Crippen LogP contribution in [-0.2, 0) is 0 Å². The molecule has 0 unspecified atom stereocenters. The number of oxazole rings is 2. The normalized spacial score (nSPS) is 11.4. The first-order valence-corrected chi connectivity index (χ1v) is 48.6. The highest BCUT2D eigenvalue weighted by Crippen LogP contribution is 2.49. The fraction of sp³-hybridized carbons (Fsp3) is 0. The van der Waals surface area contributed by atoms with Crippen molar-refractivity contribution in [3.05, 3.63) is 517 Å². The Bertz CT molecular complexity index is 9600. The summed E-state index contributed by atoms with van der Waals surface area (Å²) in [6.45, 7) is 0. The predicted molar refractivity (Wildman–Crippen MR) is 597 cm³/mol. The molecule has 0 saturated heterocycles. The fourth-order valence-corrected chi connectivity index (χ4v) is 20.8. The summed E-state index contributed by atoms with van der Waals surface area (Å²) in [6, 6.07) is 165. The maximum Gasteiger partial charge on any atom is 0.227 e. The Hall–Kier alpha value is -19.6. The van der Waals surface area contributed by atoms with Gasteiger partial charge in [0.25, 0.3) is 0 Å². The molecule has 28 aromatic rings. The third kappa shape index (κ3) is 16.6.